The molecule has 1 aromatic carbocycles. The Morgan fingerprint density at radius 2 is 1.91 bits per heavy atom. The zero-order valence-electron chi connectivity index (χ0n) is 18.7. The molecule has 2 aromatic heterocycles. The van der Waals surface area contributed by atoms with Crippen LogP contribution in [0.5, 0.6) is 0 Å². The maximum absolute atomic E-state index is 13.2. The fourth-order valence-corrected chi connectivity index (χ4v) is 4.97. The topological polar surface area (TPSA) is 90.5 Å². The Morgan fingerprint density at radius 1 is 1.12 bits per heavy atom. The lowest BCUT2D eigenvalue weighted by atomic mass is 9.95. The van der Waals surface area contributed by atoms with Crippen LogP contribution in [0.1, 0.15) is 45.1 Å². The van der Waals surface area contributed by atoms with Crippen LogP contribution in [0.15, 0.2) is 58.3 Å². The van der Waals surface area contributed by atoms with Gasteiger partial charge < -0.3 is 14.1 Å². The minimum Gasteiger partial charge on any atom is -0.465 e. The van der Waals surface area contributed by atoms with Crippen LogP contribution in [0.2, 0.25) is 0 Å². The minimum absolute atomic E-state index is 0.122. The van der Waals surface area contributed by atoms with Crippen molar-refractivity contribution in [3.63, 3.8) is 0 Å². The molecule has 1 amide bonds. The van der Waals surface area contributed by atoms with Crippen molar-refractivity contribution in [2.75, 3.05) is 23.8 Å². The highest BCUT2D eigenvalue weighted by Crippen LogP contribution is 2.35. The predicted molar refractivity (Wildman–Crippen MR) is 126 cm³/mol. The van der Waals surface area contributed by atoms with Crippen molar-refractivity contribution < 1.29 is 18.7 Å². The largest absolute Gasteiger partial charge is 0.465 e. The molecule has 0 saturated heterocycles. The normalized spacial score (nSPS) is 14.2. The quantitative estimate of drug-likeness (QED) is 0.331. The molecular formula is C24H28N4O4S. The number of nitrogens with zero attached hydrogens (tertiary/aromatic N) is 4. The van der Waals surface area contributed by atoms with Crippen molar-refractivity contribution in [1.82, 2.24) is 14.8 Å². The summed E-state index contributed by atoms with van der Waals surface area (Å²) >= 11 is 1.33. The average Bonchev–Trinajstić information content (AvgIpc) is 3.52. The van der Waals surface area contributed by atoms with Crippen LogP contribution >= 0.6 is 11.8 Å². The third-order valence-corrected chi connectivity index (χ3v) is 6.56. The highest BCUT2D eigenvalue weighted by atomic mass is 32.2. The van der Waals surface area contributed by atoms with E-state index in [1.807, 2.05) is 30.3 Å². The highest BCUT2D eigenvalue weighted by Gasteiger charge is 2.26. The lowest BCUT2D eigenvalue weighted by Crippen LogP contribution is -2.37. The molecular weight excluding hydrogens is 440 g/mol. The smallest absolute Gasteiger partial charge is 0.326 e. The van der Waals surface area contributed by atoms with E-state index < -0.39 is 5.97 Å². The third-order valence-electron chi connectivity index (χ3n) is 5.63. The van der Waals surface area contributed by atoms with E-state index in [0.717, 1.165) is 25.7 Å². The summed E-state index contributed by atoms with van der Waals surface area (Å²) in [6.07, 6.45) is 7.27. The van der Waals surface area contributed by atoms with Crippen LogP contribution in [-0.2, 0) is 14.3 Å². The number of ether oxygens (including phenoxy) is 1. The Morgan fingerprint density at radius 3 is 2.61 bits per heavy atom. The van der Waals surface area contributed by atoms with Crippen molar-refractivity contribution in [1.29, 1.82) is 0 Å². The van der Waals surface area contributed by atoms with Gasteiger partial charge in [0.15, 0.2) is 10.9 Å². The molecule has 0 atom stereocenters. The molecule has 4 rings (SSSR count). The molecule has 9 heteroatoms. The molecule has 0 bridgehead atoms. The maximum Gasteiger partial charge on any atom is 0.326 e. The number of para-hydroxylation sites is 1. The third kappa shape index (κ3) is 5.65. The van der Waals surface area contributed by atoms with E-state index >= 15 is 0 Å². The number of furan rings is 1. The van der Waals surface area contributed by atoms with Gasteiger partial charge in [-0.3, -0.25) is 14.2 Å². The summed E-state index contributed by atoms with van der Waals surface area (Å²) in [6.45, 7) is 1.88. The number of aromatic nitrogens is 3. The van der Waals surface area contributed by atoms with Gasteiger partial charge in [-0.25, -0.2) is 0 Å². The summed E-state index contributed by atoms with van der Waals surface area (Å²) in [7, 11) is 0. The van der Waals surface area contributed by atoms with Gasteiger partial charge in [0.2, 0.25) is 11.7 Å². The van der Waals surface area contributed by atoms with Crippen molar-refractivity contribution in [3.8, 4) is 11.6 Å². The van der Waals surface area contributed by atoms with E-state index in [4.69, 9.17) is 9.15 Å². The van der Waals surface area contributed by atoms with Gasteiger partial charge in [0.1, 0.15) is 6.54 Å². The van der Waals surface area contributed by atoms with Crippen LogP contribution in [0, 0.1) is 0 Å². The summed E-state index contributed by atoms with van der Waals surface area (Å²) in [5.74, 6) is 0.840. The zero-order valence-corrected chi connectivity index (χ0v) is 19.5. The Balaban J connectivity index is 1.54. The van der Waals surface area contributed by atoms with Crippen LogP contribution in [0.4, 0.5) is 5.69 Å². The van der Waals surface area contributed by atoms with Gasteiger partial charge >= 0.3 is 5.97 Å². The molecule has 0 radical (unpaired) electrons. The Hall–Kier alpha value is -3.07. The van der Waals surface area contributed by atoms with Crippen molar-refractivity contribution >= 4 is 29.3 Å². The van der Waals surface area contributed by atoms with Gasteiger partial charge in [0.05, 0.1) is 18.6 Å². The van der Waals surface area contributed by atoms with Gasteiger partial charge in [0, 0.05) is 11.7 Å². The summed E-state index contributed by atoms with van der Waals surface area (Å²) < 4.78 is 12.8. The van der Waals surface area contributed by atoms with E-state index in [0.29, 0.717) is 22.4 Å². The second-order valence-corrected chi connectivity index (χ2v) is 8.80. The predicted octanol–water partition coefficient (Wildman–Crippen LogP) is 4.73. The summed E-state index contributed by atoms with van der Waals surface area (Å²) in [5.41, 5.74) is 0.654. The van der Waals surface area contributed by atoms with E-state index in [2.05, 4.69) is 14.8 Å². The molecule has 1 aliphatic carbocycles. The number of carbonyl (C=O) groups excluding carboxylic acids is 2. The minimum atomic E-state index is -0.440. The number of rotatable bonds is 9. The first-order valence-electron chi connectivity index (χ1n) is 11.3. The molecule has 0 aliphatic heterocycles. The molecule has 2 heterocycles. The van der Waals surface area contributed by atoms with Crippen LogP contribution in [-0.4, -0.2) is 45.5 Å². The highest BCUT2D eigenvalue weighted by molar-refractivity contribution is 7.99. The SMILES string of the molecule is CCOC(=O)CN(C(=O)CSc1nnc(-c2ccco2)n1C1CCCCC1)c1ccccc1. The Labute approximate surface area is 197 Å². The first-order valence-corrected chi connectivity index (χ1v) is 12.3. The fraction of sp³-hybridized carbons (Fsp3) is 0.417. The lowest BCUT2D eigenvalue weighted by molar-refractivity contribution is -0.142. The van der Waals surface area contributed by atoms with Gasteiger partial charge in [-0.1, -0.05) is 49.2 Å². The second-order valence-electron chi connectivity index (χ2n) is 7.85. The summed E-state index contributed by atoms with van der Waals surface area (Å²) in [4.78, 5) is 26.8. The molecule has 0 unspecified atom stereocenters. The summed E-state index contributed by atoms with van der Waals surface area (Å²) in [6, 6.07) is 13.1. The molecule has 0 spiro atoms. The number of esters is 1. The van der Waals surface area contributed by atoms with Crippen LogP contribution < -0.4 is 4.90 Å². The van der Waals surface area contributed by atoms with Crippen LogP contribution in [0.25, 0.3) is 11.6 Å². The van der Waals surface area contributed by atoms with Gasteiger partial charge in [-0.05, 0) is 44.0 Å². The monoisotopic (exact) mass is 468 g/mol. The summed E-state index contributed by atoms with van der Waals surface area (Å²) in [5, 5.41) is 9.47. The number of hydrogen-bond acceptors (Lipinski definition) is 7. The number of thioether (sulfide) groups is 1. The number of hydrogen-bond donors (Lipinski definition) is 0. The zero-order chi connectivity index (χ0) is 23.0. The molecule has 8 nitrogen and oxygen atoms in total. The Bertz CT molecular complexity index is 1050. The number of benzene rings is 1. The van der Waals surface area contributed by atoms with Gasteiger partial charge in [0.25, 0.3) is 0 Å². The van der Waals surface area contributed by atoms with Crippen molar-refractivity contribution in [2.24, 2.45) is 0 Å². The van der Waals surface area contributed by atoms with Gasteiger partial charge in [-0.2, -0.15) is 0 Å². The van der Waals surface area contributed by atoms with Gasteiger partial charge in [-0.15, -0.1) is 10.2 Å². The Kier molecular flexibility index (Phi) is 7.83. The number of amides is 1. The first-order chi connectivity index (χ1) is 16.2. The molecule has 33 heavy (non-hydrogen) atoms. The molecule has 174 valence electrons. The maximum atomic E-state index is 13.2. The first kappa shape index (κ1) is 23.1. The van der Waals surface area contributed by atoms with Crippen LogP contribution in [0.3, 0.4) is 0 Å². The fourth-order valence-electron chi connectivity index (χ4n) is 4.09. The second kappa shape index (κ2) is 11.2. The molecule has 1 saturated carbocycles. The molecule has 0 N–H and O–H groups in total. The number of carbonyl (C=O) groups is 2. The standard InChI is InChI=1S/C24H28N4O4S/c1-2-31-22(30)16-27(18-10-5-3-6-11-18)21(29)17-33-24-26-25-23(20-14-9-15-32-20)28(24)19-12-7-4-8-13-19/h3,5-6,9-11,14-15,19H,2,4,7-8,12-13,16-17H2,1H3. The average molecular weight is 469 g/mol. The molecule has 1 aliphatic rings. The van der Waals surface area contributed by atoms with E-state index in [1.165, 1.54) is 23.1 Å². The van der Waals surface area contributed by atoms with Crippen molar-refractivity contribution in [2.45, 2.75) is 50.2 Å². The molecule has 3 aromatic rings. The number of anilines is 1. The lowest BCUT2D eigenvalue weighted by Gasteiger charge is -2.25. The van der Waals surface area contributed by atoms with E-state index in [9.17, 15) is 9.59 Å². The molecule has 1 fully saturated rings. The van der Waals surface area contributed by atoms with E-state index in [-0.39, 0.29) is 30.9 Å². The van der Waals surface area contributed by atoms with Crippen molar-refractivity contribution in [3.05, 3.63) is 48.7 Å². The van der Waals surface area contributed by atoms with E-state index in [1.54, 1.807) is 25.3 Å².